The number of nitrogens with one attached hydrogen (secondary N) is 3. The summed E-state index contributed by atoms with van der Waals surface area (Å²) in [7, 11) is 1.45. The third kappa shape index (κ3) is 7.79. The van der Waals surface area contributed by atoms with Crippen LogP contribution in [0.15, 0.2) is 0 Å². The maximum atomic E-state index is 12.0. The van der Waals surface area contributed by atoms with Gasteiger partial charge in [0.15, 0.2) is 0 Å². The number of amides is 2. The molecule has 0 radical (unpaired) electrons. The van der Waals surface area contributed by atoms with E-state index in [4.69, 9.17) is 4.74 Å². The Morgan fingerprint density at radius 1 is 1.21 bits per heavy atom. The summed E-state index contributed by atoms with van der Waals surface area (Å²) in [4.78, 5) is 23.5. The van der Waals surface area contributed by atoms with E-state index >= 15 is 0 Å². The molecule has 0 aliphatic heterocycles. The van der Waals surface area contributed by atoms with Crippen molar-refractivity contribution in [2.45, 2.75) is 39.8 Å². The van der Waals surface area contributed by atoms with Crippen LogP contribution >= 0.6 is 0 Å². The maximum Gasteiger partial charge on any atom is 0.246 e. The largest absolute Gasteiger partial charge is 0.375 e. The van der Waals surface area contributed by atoms with Crippen LogP contribution in [0.2, 0.25) is 0 Å². The molecule has 0 aliphatic rings. The Morgan fingerprint density at radius 3 is 2.32 bits per heavy atom. The number of carbonyl (C=O) groups excluding carboxylic acids is 2. The minimum Gasteiger partial charge on any atom is -0.375 e. The predicted octanol–water partition coefficient (Wildman–Crippen LogP) is -0.112. The summed E-state index contributed by atoms with van der Waals surface area (Å²) in [5.41, 5.74) is 0. The van der Waals surface area contributed by atoms with Crippen LogP contribution in [0.1, 0.15) is 27.7 Å². The van der Waals surface area contributed by atoms with Crippen molar-refractivity contribution in [3.05, 3.63) is 0 Å². The molecular weight excluding hydrogens is 246 g/mol. The highest BCUT2D eigenvalue weighted by atomic mass is 16.5. The topological polar surface area (TPSA) is 79.5 Å². The quantitative estimate of drug-likeness (QED) is 0.547. The van der Waals surface area contributed by atoms with Crippen molar-refractivity contribution < 1.29 is 14.3 Å². The van der Waals surface area contributed by atoms with Crippen molar-refractivity contribution in [3.8, 4) is 0 Å². The first-order valence-corrected chi connectivity index (χ1v) is 6.71. The minimum absolute atomic E-state index is 0.0234. The fourth-order valence-corrected chi connectivity index (χ4v) is 1.67. The van der Waals surface area contributed by atoms with E-state index in [0.717, 1.165) is 6.54 Å². The number of hydrogen-bond donors (Lipinski definition) is 3. The zero-order valence-corrected chi connectivity index (χ0v) is 12.6. The predicted molar refractivity (Wildman–Crippen MR) is 74.8 cm³/mol. The van der Waals surface area contributed by atoms with Gasteiger partial charge in [-0.3, -0.25) is 9.59 Å². The molecule has 112 valence electrons. The molecule has 0 bridgehead atoms. The fourth-order valence-electron chi connectivity index (χ4n) is 1.67. The molecule has 2 atom stereocenters. The molecule has 0 unspecified atom stereocenters. The summed E-state index contributed by atoms with van der Waals surface area (Å²) in [6.45, 7) is 9.16. The summed E-state index contributed by atoms with van der Waals surface area (Å²) < 4.78 is 4.74. The van der Waals surface area contributed by atoms with Crippen LogP contribution in [0.4, 0.5) is 0 Å². The molecule has 0 saturated heterocycles. The molecule has 0 aromatic carbocycles. The van der Waals surface area contributed by atoms with Crippen molar-refractivity contribution >= 4 is 11.8 Å². The van der Waals surface area contributed by atoms with Crippen LogP contribution in [0, 0.1) is 5.92 Å². The van der Waals surface area contributed by atoms with Gasteiger partial charge in [-0.25, -0.2) is 0 Å². The average Bonchev–Trinajstić information content (AvgIpc) is 2.33. The summed E-state index contributed by atoms with van der Waals surface area (Å²) in [5.74, 6) is -0.421. The first kappa shape index (κ1) is 17.9. The first-order valence-electron chi connectivity index (χ1n) is 6.71. The lowest BCUT2D eigenvalue weighted by molar-refractivity contribution is -0.132. The lowest BCUT2D eigenvalue weighted by Crippen LogP contribution is -2.52. The van der Waals surface area contributed by atoms with E-state index in [1.165, 1.54) is 7.11 Å². The van der Waals surface area contributed by atoms with Gasteiger partial charge in [-0.05, 0) is 19.4 Å². The van der Waals surface area contributed by atoms with Gasteiger partial charge in [-0.1, -0.05) is 20.8 Å². The molecule has 0 spiro atoms. The van der Waals surface area contributed by atoms with Crippen LogP contribution in [0.5, 0.6) is 0 Å². The number of hydrogen-bond acceptors (Lipinski definition) is 4. The molecule has 2 amide bonds. The number of ether oxygens (including phenoxy) is 1. The highest BCUT2D eigenvalue weighted by molar-refractivity contribution is 5.88. The van der Waals surface area contributed by atoms with E-state index in [2.05, 4.69) is 16.0 Å². The van der Waals surface area contributed by atoms with Gasteiger partial charge in [0.1, 0.15) is 12.6 Å². The molecule has 0 heterocycles. The molecule has 6 nitrogen and oxygen atoms in total. The molecule has 0 aromatic rings. The summed E-state index contributed by atoms with van der Waals surface area (Å²) in [5, 5.41) is 8.72. The van der Waals surface area contributed by atoms with E-state index in [1.54, 1.807) is 0 Å². The van der Waals surface area contributed by atoms with Crippen molar-refractivity contribution in [2.75, 3.05) is 26.8 Å². The van der Waals surface area contributed by atoms with Gasteiger partial charge < -0.3 is 20.7 Å². The average molecular weight is 273 g/mol. The smallest absolute Gasteiger partial charge is 0.246 e. The summed E-state index contributed by atoms with van der Waals surface area (Å²) in [6, 6.07) is -0.326. The van der Waals surface area contributed by atoms with Crippen molar-refractivity contribution in [3.63, 3.8) is 0 Å². The Labute approximate surface area is 115 Å². The Morgan fingerprint density at radius 2 is 1.84 bits per heavy atom. The van der Waals surface area contributed by atoms with Crippen LogP contribution in [-0.4, -0.2) is 50.7 Å². The zero-order chi connectivity index (χ0) is 14.8. The summed E-state index contributed by atoms with van der Waals surface area (Å²) in [6.07, 6.45) is 0. The molecule has 0 aliphatic carbocycles. The van der Waals surface area contributed by atoms with E-state index in [-0.39, 0.29) is 30.4 Å². The Balaban J connectivity index is 4.30. The highest BCUT2D eigenvalue weighted by Gasteiger charge is 2.23. The third-order valence-electron chi connectivity index (χ3n) is 2.68. The molecule has 0 fully saturated rings. The molecule has 0 rings (SSSR count). The van der Waals surface area contributed by atoms with Gasteiger partial charge in [-0.2, -0.15) is 0 Å². The van der Waals surface area contributed by atoms with Crippen LogP contribution in [0.3, 0.4) is 0 Å². The van der Waals surface area contributed by atoms with E-state index in [1.807, 2.05) is 27.7 Å². The zero-order valence-electron chi connectivity index (χ0n) is 12.6. The van der Waals surface area contributed by atoms with Crippen molar-refractivity contribution in [2.24, 2.45) is 5.92 Å². The van der Waals surface area contributed by atoms with Crippen LogP contribution in [-0.2, 0) is 14.3 Å². The lowest BCUT2D eigenvalue weighted by atomic mass is 10.0. The van der Waals surface area contributed by atoms with Gasteiger partial charge in [0, 0.05) is 19.7 Å². The first-order chi connectivity index (χ1) is 8.92. The standard InChI is InChI=1S/C13H27N3O3/c1-6-14-10(4)7-15-13(18)12(9(2)3)16-11(17)8-19-5/h9-10,12,14H,6-8H2,1-5H3,(H,15,18)(H,16,17)/t10-,12+/m1/s1. The molecule has 0 aromatic heterocycles. The van der Waals surface area contributed by atoms with Crippen molar-refractivity contribution in [1.82, 2.24) is 16.0 Å². The number of methoxy groups -OCH3 is 1. The number of carbonyl (C=O) groups is 2. The van der Waals surface area contributed by atoms with Crippen LogP contribution in [0.25, 0.3) is 0 Å². The SMILES string of the molecule is CCN[C@H](C)CNC(=O)[C@@H](NC(=O)COC)C(C)C. The molecule has 3 N–H and O–H groups in total. The molecule has 0 saturated carbocycles. The molecule has 19 heavy (non-hydrogen) atoms. The molecular formula is C13H27N3O3. The second kappa shape index (κ2) is 9.75. The van der Waals surface area contributed by atoms with E-state index < -0.39 is 6.04 Å². The second-order valence-electron chi connectivity index (χ2n) is 4.93. The van der Waals surface area contributed by atoms with E-state index in [0.29, 0.717) is 6.54 Å². The number of rotatable bonds is 9. The Bertz CT molecular complexity index is 282. The Kier molecular flexibility index (Phi) is 9.16. The second-order valence-corrected chi connectivity index (χ2v) is 4.93. The summed E-state index contributed by atoms with van der Waals surface area (Å²) >= 11 is 0. The van der Waals surface area contributed by atoms with Gasteiger partial charge in [-0.15, -0.1) is 0 Å². The van der Waals surface area contributed by atoms with Crippen LogP contribution < -0.4 is 16.0 Å². The normalized spacial score (nSPS) is 14.0. The van der Waals surface area contributed by atoms with E-state index in [9.17, 15) is 9.59 Å². The third-order valence-corrected chi connectivity index (χ3v) is 2.68. The van der Waals surface area contributed by atoms with Crippen molar-refractivity contribution in [1.29, 1.82) is 0 Å². The highest BCUT2D eigenvalue weighted by Crippen LogP contribution is 2.01. The minimum atomic E-state index is -0.531. The van der Waals surface area contributed by atoms with Gasteiger partial charge >= 0.3 is 0 Å². The van der Waals surface area contributed by atoms with Gasteiger partial charge in [0.05, 0.1) is 0 Å². The maximum absolute atomic E-state index is 12.0. The fraction of sp³-hybridized carbons (Fsp3) is 0.846. The monoisotopic (exact) mass is 273 g/mol. The van der Waals surface area contributed by atoms with Gasteiger partial charge in [0.2, 0.25) is 11.8 Å². The number of likely N-dealkylation sites (N-methyl/N-ethyl adjacent to an activating group) is 1. The molecule has 6 heteroatoms. The lowest BCUT2D eigenvalue weighted by Gasteiger charge is -2.22. The Hall–Kier alpha value is -1.14. The van der Waals surface area contributed by atoms with Gasteiger partial charge in [0.25, 0.3) is 0 Å².